The maximum Gasteiger partial charge on any atom is 0.259 e. The number of fused-ring (bicyclic) bond motifs is 1. The van der Waals surface area contributed by atoms with Gasteiger partial charge in [0, 0.05) is 16.5 Å². The lowest BCUT2D eigenvalue weighted by molar-refractivity contribution is 0.102. The minimum absolute atomic E-state index is 0.0591. The number of nitrogens with one attached hydrogen (secondary N) is 1. The van der Waals surface area contributed by atoms with Gasteiger partial charge in [0.2, 0.25) is 0 Å². The first-order chi connectivity index (χ1) is 11.1. The fraction of sp³-hybridized carbons (Fsp3) is 0.444. The van der Waals surface area contributed by atoms with E-state index in [4.69, 9.17) is 4.43 Å². The zero-order chi connectivity index (χ0) is 18.1. The lowest BCUT2D eigenvalue weighted by Crippen LogP contribution is -2.40. The molecular formula is C18H24BrNO3Si. The molecule has 0 aliphatic rings. The van der Waals surface area contributed by atoms with Crippen molar-refractivity contribution in [3.63, 3.8) is 0 Å². The van der Waals surface area contributed by atoms with Crippen molar-refractivity contribution in [3.05, 3.63) is 45.7 Å². The van der Waals surface area contributed by atoms with Crippen LogP contribution in [0, 0.1) is 0 Å². The summed E-state index contributed by atoms with van der Waals surface area (Å²) in [5.74, 6) is -0.226. The predicted octanol–water partition coefficient (Wildman–Crippen LogP) is 4.63. The topological polar surface area (TPSA) is 59.2 Å². The highest BCUT2D eigenvalue weighted by molar-refractivity contribution is 9.09. The molecule has 4 nitrogen and oxygen atoms in total. The number of hydrogen-bond donors (Lipinski definition) is 1. The fourth-order valence-corrected chi connectivity index (χ4v) is 3.51. The summed E-state index contributed by atoms with van der Waals surface area (Å²) in [7, 11) is -2.00. The number of carbonyl (C=O) groups excluding carboxylic acids is 1. The van der Waals surface area contributed by atoms with Gasteiger partial charge in [-0.25, -0.2) is 0 Å². The van der Waals surface area contributed by atoms with Gasteiger partial charge in [0.25, 0.3) is 5.56 Å². The van der Waals surface area contributed by atoms with Gasteiger partial charge >= 0.3 is 0 Å². The third-order valence-electron chi connectivity index (χ3n) is 4.81. The maximum absolute atomic E-state index is 12.4. The van der Waals surface area contributed by atoms with E-state index in [2.05, 4.69) is 54.8 Å². The number of alkyl halides is 1. The summed E-state index contributed by atoms with van der Waals surface area (Å²) < 4.78 is 6.30. The predicted molar refractivity (Wildman–Crippen MR) is 105 cm³/mol. The number of rotatable bonds is 5. The Morgan fingerprint density at radius 1 is 1.25 bits per heavy atom. The molecule has 2 rings (SSSR count). The van der Waals surface area contributed by atoms with Crippen LogP contribution in [0.5, 0.6) is 0 Å². The van der Waals surface area contributed by atoms with Crippen LogP contribution in [0.25, 0.3) is 10.9 Å². The molecule has 0 radical (unpaired) electrons. The molecule has 0 spiro atoms. The number of carbonyl (C=O) groups is 1. The van der Waals surface area contributed by atoms with E-state index in [-0.39, 0.29) is 33.9 Å². The fourth-order valence-electron chi connectivity index (χ4n) is 2.29. The summed E-state index contributed by atoms with van der Waals surface area (Å²) in [6, 6.07) is 7.52. The van der Waals surface area contributed by atoms with Gasteiger partial charge < -0.3 is 9.41 Å². The summed E-state index contributed by atoms with van der Waals surface area (Å²) in [6.45, 7) is 11.1. The third-order valence-corrected chi connectivity index (χ3v) is 9.80. The molecule has 0 fully saturated rings. The van der Waals surface area contributed by atoms with Crippen LogP contribution in [0.2, 0.25) is 18.1 Å². The lowest BCUT2D eigenvalue weighted by Gasteiger charge is -2.36. The average Bonchev–Trinajstić information content (AvgIpc) is 2.50. The molecule has 0 aliphatic heterocycles. The van der Waals surface area contributed by atoms with Crippen LogP contribution in [0.15, 0.2) is 29.1 Å². The van der Waals surface area contributed by atoms with Crippen molar-refractivity contribution in [1.82, 2.24) is 4.98 Å². The second-order valence-electron chi connectivity index (χ2n) is 7.46. The van der Waals surface area contributed by atoms with Gasteiger partial charge in [0.15, 0.2) is 14.1 Å². The Hall–Kier alpha value is -1.24. The first-order valence-corrected chi connectivity index (χ1v) is 12.0. The quantitative estimate of drug-likeness (QED) is 0.444. The Morgan fingerprint density at radius 3 is 2.46 bits per heavy atom. The molecule has 2 aromatic rings. The van der Waals surface area contributed by atoms with Crippen molar-refractivity contribution >= 4 is 40.9 Å². The molecule has 0 saturated carbocycles. The van der Waals surface area contributed by atoms with Gasteiger partial charge in [-0.05, 0) is 24.2 Å². The molecule has 0 amide bonds. The highest BCUT2D eigenvalue weighted by atomic mass is 79.9. The van der Waals surface area contributed by atoms with Crippen molar-refractivity contribution in [2.75, 3.05) is 5.33 Å². The average molecular weight is 410 g/mol. The Balaban J connectivity index is 2.58. The summed E-state index contributed by atoms with van der Waals surface area (Å²) >= 11 is 3.17. The highest BCUT2D eigenvalue weighted by Gasteiger charge is 2.37. The van der Waals surface area contributed by atoms with Gasteiger partial charge in [-0.3, -0.25) is 9.59 Å². The number of benzene rings is 1. The van der Waals surface area contributed by atoms with Crippen molar-refractivity contribution in [1.29, 1.82) is 0 Å². The number of para-hydroxylation sites is 1. The second-order valence-corrected chi connectivity index (χ2v) is 12.8. The van der Waals surface area contributed by atoms with Crippen molar-refractivity contribution < 1.29 is 9.22 Å². The molecule has 0 aliphatic carbocycles. The Labute approximate surface area is 151 Å². The van der Waals surface area contributed by atoms with E-state index in [1.807, 2.05) is 24.3 Å². The Bertz CT molecular complexity index is 821. The number of ketones is 1. The van der Waals surface area contributed by atoms with Gasteiger partial charge in [-0.1, -0.05) is 54.9 Å². The number of pyridine rings is 1. The SMILES string of the molecule is CC(C)(C)[Si](C)(C)OCc1c(C(=O)CBr)c(=O)[nH]c2ccccc12. The van der Waals surface area contributed by atoms with E-state index in [0.717, 1.165) is 10.9 Å². The van der Waals surface area contributed by atoms with Crippen LogP contribution in [0.1, 0.15) is 36.7 Å². The smallest absolute Gasteiger partial charge is 0.259 e. The van der Waals surface area contributed by atoms with E-state index < -0.39 is 8.32 Å². The standard InChI is InChI=1S/C18H24BrNO3Si/c1-18(2,3)24(4,5)23-11-13-12-8-6-7-9-14(12)20-17(22)16(13)15(21)10-19/h6-9H,10-11H2,1-5H3,(H,20,22). The van der Waals surface area contributed by atoms with Gasteiger partial charge in [-0.15, -0.1) is 0 Å². The highest BCUT2D eigenvalue weighted by Crippen LogP contribution is 2.37. The number of Topliss-reactive ketones (excluding diaryl/α,β-unsaturated/α-hetero) is 1. The molecule has 1 aromatic heterocycles. The third kappa shape index (κ3) is 3.71. The molecule has 24 heavy (non-hydrogen) atoms. The van der Waals surface area contributed by atoms with Gasteiger partial charge in [0.1, 0.15) is 0 Å². The minimum atomic E-state index is -2.00. The van der Waals surface area contributed by atoms with Crippen LogP contribution in [-0.4, -0.2) is 24.4 Å². The minimum Gasteiger partial charge on any atom is -0.413 e. The van der Waals surface area contributed by atoms with Gasteiger partial charge in [0.05, 0.1) is 17.5 Å². The molecule has 130 valence electrons. The number of hydrogen-bond acceptors (Lipinski definition) is 3. The van der Waals surface area contributed by atoms with Crippen molar-refractivity contribution in [2.24, 2.45) is 0 Å². The monoisotopic (exact) mass is 409 g/mol. The molecule has 0 saturated heterocycles. The number of aromatic nitrogens is 1. The molecule has 0 bridgehead atoms. The molecule has 1 N–H and O–H groups in total. The summed E-state index contributed by atoms with van der Waals surface area (Å²) in [4.78, 5) is 27.5. The summed E-state index contributed by atoms with van der Waals surface area (Å²) in [6.07, 6.45) is 0. The Kier molecular flexibility index (Phi) is 5.52. The van der Waals surface area contributed by atoms with E-state index >= 15 is 0 Å². The van der Waals surface area contributed by atoms with E-state index in [9.17, 15) is 9.59 Å². The van der Waals surface area contributed by atoms with E-state index in [1.54, 1.807) is 0 Å². The van der Waals surface area contributed by atoms with E-state index in [1.165, 1.54) is 0 Å². The largest absolute Gasteiger partial charge is 0.413 e. The lowest BCUT2D eigenvalue weighted by atomic mass is 10.0. The molecule has 1 aromatic carbocycles. The zero-order valence-corrected chi connectivity index (χ0v) is 17.4. The van der Waals surface area contributed by atoms with Crippen LogP contribution >= 0.6 is 15.9 Å². The zero-order valence-electron chi connectivity index (χ0n) is 14.8. The second kappa shape index (κ2) is 6.94. The first kappa shape index (κ1) is 19.1. The molecule has 6 heteroatoms. The summed E-state index contributed by atoms with van der Waals surface area (Å²) in [5, 5.41) is 1.03. The number of H-pyrrole nitrogens is 1. The molecular weight excluding hydrogens is 386 g/mol. The Morgan fingerprint density at radius 2 is 1.88 bits per heavy atom. The van der Waals surface area contributed by atoms with Gasteiger partial charge in [-0.2, -0.15) is 0 Å². The number of aromatic amines is 1. The van der Waals surface area contributed by atoms with Crippen molar-refractivity contribution in [3.8, 4) is 0 Å². The van der Waals surface area contributed by atoms with Crippen LogP contribution in [0.4, 0.5) is 0 Å². The van der Waals surface area contributed by atoms with Crippen LogP contribution in [-0.2, 0) is 11.0 Å². The maximum atomic E-state index is 12.4. The molecule has 1 heterocycles. The first-order valence-electron chi connectivity index (χ1n) is 7.95. The molecule has 0 atom stereocenters. The van der Waals surface area contributed by atoms with E-state index in [0.29, 0.717) is 5.56 Å². The normalized spacial score (nSPS) is 12.6. The molecule has 0 unspecified atom stereocenters. The van der Waals surface area contributed by atoms with Crippen molar-refractivity contribution in [2.45, 2.75) is 45.5 Å². The number of halogens is 1. The van der Waals surface area contributed by atoms with Crippen LogP contribution in [0.3, 0.4) is 0 Å². The van der Waals surface area contributed by atoms with Crippen LogP contribution < -0.4 is 5.56 Å². The summed E-state index contributed by atoms with van der Waals surface area (Å²) in [5.41, 5.74) is 1.25.